The van der Waals surface area contributed by atoms with Crippen molar-refractivity contribution in [2.75, 3.05) is 18.1 Å². The van der Waals surface area contributed by atoms with Crippen LogP contribution in [0.4, 0.5) is 0 Å². The second kappa shape index (κ2) is 7.61. The Bertz CT molecular complexity index is 413. The SMILES string of the molecule is CCS(=O)(=O)CCNC(=O)C1CC2CCCCC2N1.Cl. The van der Waals surface area contributed by atoms with Gasteiger partial charge in [0.1, 0.15) is 0 Å². The molecule has 1 saturated heterocycles. The summed E-state index contributed by atoms with van der Waals surface area (Å²) >= 11 is 0. The molecule has 0 aromatic heterocycles. The van der Waals surface area contributed by atoms with Gasteiger partial charge in [-0.2, -0.15) is 0 Å². The van der Waals surface area contributed by atoms with Crippen molar-refractivity contribution >= 4 is 28.2 Å². The summed E-state index contributed by atoms with van der Waals surface area (Å²) in [6.07, 6.45) is 5.80. The highest BCUT2D eigenvalue weighted by Gasteiger charge is 2.37. The lowest BCUT2D eigenvalue weighted by molar-refractivity contribution is -0.122. The molecule has 5 nitrogen and oxygen atoms in total. The van der Waals surface area contributed by atoms with Crippen LogP contribution in [0.2, 0.25) is 0 Å². The van der Waals surface area contributed by atoms with Crippen molar-refractivity contribution in [1.82, 2.24) is 10.6 Å². The molecule has 1 aliphatic carbocycles. The lowest BCUT2D eigenvalue weighted by Crippen LogP contribution is -2.44. The number of hydrogen-bond donors (Lipinski definition) is 2. The molecule has 1 aliphatic heterocycles. The monoisotopic (exact) mass is 324 g/mol. The third-order valence-electron chi connectivity index (χ3n) is 4.33. The highest BCUT2D eigenvalue weighted by molar-refractivity contribution is 7.91. The first-order valence-electron chi connectivity index (χ1n) is 7.26. The summed E-state index contributed by atoms with van der Waals surface area (Å²) in [7, 11) is -2.99. The van der Waals surface area contributed by atoms with Crippen LogP contribution in [-0.2, 0) is 14.6 Å². The third-order valence-corrected chi connectivity index (χ3v) is 6.04. The molecule has 7 heteroatoms. The van der Waals surface area contributed by atoms with Gasteiger partial charge in [0, 0.05) is 18.3 Å². The number of amides is 1. The predicted molar refractivity (Wildman–Crippen MR) is 81.9 cm³/mol. The Morgan fingerprint density at radius 1 is 1.30 bits per heavy atom. The first-order valence-corrected chi connectivity index (χ1v) is 9.08. The molecule has 3 atom stereocenters. The quantitative estimate of drug-likeness (QED) is 0.787. The van der Waals surface area contributed by atoms with E-state index in [2.05, 4.69) is 10.6 Å². The minimum atomic E-state index is -2.99. The normalized spacial score (nSPS) is 29.4. The Hall–Kier alpha value is -0.330. The summed E-state index contributed by atoms with van der Waals surface area (Å²) in [5.74, 6) is 0.758. The topological polar surface area (TPSA) is 75.3 Å². The molecule has 2 N–H and O–H groups in total. The number of nitrogens with one attached hydrogen (secondary N) is 2. The molecule has 2 rings (SSSR count). The van der Waals surface area contributed by atoms with Gasteiger partial charge in [0.25, 0.3) is 0 Å². The molecule has 0 aromatic rings. The second-order valence-corrected chi connectivity index (χ2v) is 8.11. The highest BCUT2D eigenvalue weighted by atomic mass is 35.5. The van der Waals surface area contributed by atoms with Crippen molar-refractivity contribution in [2.45, 2.75) is 51.1 Å². The molecular formula is C13H25ClN2O3S. The van der Waals surface area contributed by atoms with Crippen LogP contribution in [-0.4, -0.2) is 44.5 Å². The lowest BCUT2D eigenvalue weighted by Gasteiger charge is -2.24. The van der Waals surface area contributed by atoms with Crippen LogP contribution in [0.25, 0.3) is 0 Å². The molecule has 0 bridgehead atoms. The van der Waals surface area contributed by atoms with E-state index >= 15 is 0 Å². The van der Waals surface area contributed by atoms with Crippen LogP contribution in [0.15, 0.2) is 0 Å². The second-order valence-electron chi connectivity index (χ2n) is 5.63. The number of carbonyl (C=O) groups excluding carboxylic acids is 1. The Morgan fingerprint density at radius 2 is 2.00 bits per heavy atom. The average molecular weight is 325 g/mol. The van der Waals surface area contributed by atoms with E-state index < -0.39 is 9.84 Å². The Kier molecular flexibility index (Phi) is 6.75. The number of hydrogen-bond acceptors (Lipinski definition) is 4. The maximum atomic E-state index is 12.0. The van der Waals surface area contributed by atoms with E-state index in [-0.39, 0.29) is 42.4 Å². The minimum absolute atomic E-state index is 0. The molecule has 3 unspecified atom stereocenters. The maximum Gasteiger partial charge on any atom is 0.237 e. The third kappa shape index (κ3) is 4.60. The summed E-state index contributed by atoms with van der Waals surface area (Å²) < 4.78 is 22.7. The van der Waals surface area contributed by atoms with Crippen LogP contribution in [0, 0.1) is 5.92 Å². The molecule has 2 fully saturated rings. The first kappa shape index (κ1) is 17.7. The number of sulfone groups is 1. The largest absolute Gasteiger partial charge is 0.354 e. The zero-order chi connectivity index (χ0) is 13.9. The molecule has 2 aliphatic rings. The van der Waals surface area contributed by atoms with Gasteiger partial charge < -0.3 is 10.6 Å². The minimum Gasteiger partial charge on any atom is -0.354 e. The molecule has 1 amide bonds. The van der Waals surface area contributed by atoms with Crippen LogP contribution < -0.4 is 10.6 Å². The van der Waals surface area contributed by atoms with Gasteiger partial charge in [0.05, 0.1) is 11.8 Å². The van der Waals surface area contributed by atoms with Gasteiger partial charge in [-0.05, 0) is 25.2 Å². The fraction of sp³-hybridized carbons (Fsp3) is 0.923. The average Bonchev–Trinajstić information content (AvgIpc) is 2.82. The van der Waals surface area contributed by atoms with Crippen molar-refractivity contribution in [2.24, 2.45) is 5.92 Å². The van der Waals surface area contributed by atoms with E-state index in [1.807, 2.05) is 0 Å². The molecule has 118 valence electrons. The van der Waals surface area contributed by atoms with Crippen LogP contribution in [0.5, 0.6) is 0 Å². The Morgan fingerprint density at radius 3 is 2.65 bits per heavy atom. The van der Waals surface area contributed by atoms with E-state index in [0.717, 1.165) is 6.42 Å². The number of carbonyl (C=O) groups is 1. The summed E-state index contributed by atoms with van der Waals surface area (Å²) in [5, 5.41) is 6.14. The zero-order valence-corrected chi connectivity index (χ0v) is 13.6. The molecule has 20 heavy (non-hydrogen) atoms. The predicted octanol–water partition coefficient (Wildman–Crippen LogP) is 0.880. The first-order chi connectivity index (χ1) is 9.02. The zero-order valence-electron chi connectivity index (χ0n) is 11.9. The Balaban J connectivity index is 0.00000200. The molecule has 0 spiro atoms. The van der Waals surface area contributed by atoms with Crippen LogP contribution >= 0.6 is 12.4 Å². The fourth-order valence-electron chi connectivity index (χ4n) is 3.12. The number of rotatable bonds is 5. The van der Waals surface area contributed by atoms with Gasteiger partial charge in [0.15, 0.2) is 9.84 Å². The molecule has 1 heterocycles. The molecular weight excluding hydrogens is 300 g/mol. The van der Waals surface area contributed by atoms with E-state index in [9.17, 15) is 13.2 Å². The van der Waals surface area contributed by atoms with Crippen LogP contribution in [0.3, 0.4) is 0 Å². The van der Waals surface area contributed by atoms with Crippen molar-refractivity contribution in [1.29, 1.82) is 0 Å². The summed E-state index contributed by atoms with van der Waals surface area (Å²) in [6, 6.07) is 0.362. The van der Waals surface area contributed by atoms with E-state index in [0.29, 0.717) is 12.0 Å². The highest BCUT2D eigenvalue weighted by Crippen LogP contribution is 2.33. The van der Waals surface area contributed by atoms with Crippen molar-refractivity contribution in [3.8, 4) is 0 Å². The summed E-state index contributed by atoms with van der Waals surface area (Å²) in [4.78, 5) is 12.0. The molecule has 0 radical (unpaired) electrons. The molecule has 0 aromatic carbocycles. The smallest absolute Gasteiger partial charge is 0.237 e. The lowest BCUT2D eigenvalue weighted by atomic mass is 9.85. The maximum absolute atomic E-state index is 12.0. The summed E-state index contributed by atoms with van der Waals surface area (Å²) in [6.45, 7) is 1.85. The van der Waals surface area contributed by atoms with Crippen LogP contribution in [0.1, 0.15) is 39.0 Å². The van der Waals surface area contributed by atoms with Gasteiger partial charge in [-0.1, -0.05) is 19.8 Å². The van der Waals surface area contributed by atoms with Gasteiger partial charge in [-0.15, -0.1) is 12.4 Å². The van der Waals surface area contributed by atoms with Gasteiger partial charge in [-0.3, -0.25) is 4.79 Å². The van der Waals surface area contributed by atoms with Crippen molar-refractivity contribution in [3.63, 3.8) is 0 Å². The van der Waals surface area contributed by atoms with Crippen molar-refractivity contribution in [3.05, 3.63) is 0 Å². The number of fused-ring (bicyclic) bond motifs is 1. The van der Waals surface area contributed by atoms with Gasteiger partial charge >= 0.3 is 0 Å². The number of halogens is 1. The van der Waals surface area contributed by atoms with E-state index in [1.54, 1.807) is 6.92 Å². The molecule has 1 saturated carbocycles. The fourth-order valence-corrected chi connectivity index (χ4v) is 3.82. The standard InChI is InChI=1S/C13H24N2O3S.ClH/c1-2-19(17,18)8-7-14-13(16)12-9-10-5-3-4-6-11(10)15-12;/h10-12,15H,2-9H2,1H3,(H,14,16);1H. The van der Waals surface area contributed by atoms with Gasteiger partial charge in [0.2, 0.25) is 5.91 Å². The summed E-state index contributed by atoms with van der Waals surface area (Å²) in [5.41, 5.74) is 0. The van der Waals surface area contributed by atoms with E-state index in [4.69, 9.17) is 0 Å². The van der Waals surface area contributed by atoms with E-state index in [1.165, 1.54) is 25.7 Å². The Labute approximate surface area is 127 Å². The van der Waals surface area contributed by atoms with Gasteiger partial charge in [-0.25, -0.2) is 8.42 Å². The van der Waals surface area contributed by atoms with Crippen molar-refractivity contribution < 1.29 is 13.2 Å².